The molecule has 1 fully saturated rings. The highest BCUT2D eigenvalue weighted by atomic mass is 16.6. The molecule has 7 heteroatoms. The number of aliphatic carboxylic acids is 1. The maximum absolute atomic E-state index is 12.9. The van der Waals surface area contributed by atoms with E-state index >= 15 is 0 Å². The Kier molecular flexibility index (Phi) is 7.57. The minimum Gasteiger partial charge on any atom is -0.478 e. The van der Waals surface area contributed by atoms with Crippen LogP contribution in [0.1, 0.15) is 52.5 Å². The molecule has 28 heavy (non-hydrogen) atoms. The summed E-state index contributed by atoms with van der Waals surface area (Å²) in [6.07, 6.45) is 6.84. The number of carbonyl (C=O) groups is 2. The molecule has 1 atom stereocenters. The van der Waals surface area contributed by atoms with E-state index in [2.05, 4.69) is 16.8 Å². The van der Waals surface area contributed by atoms with Crippen LogP contribution in [-0.2, 0) is 9.53 Å². The Balaban J connectivity index is 2.21. The number of hydrogen-bond acceptors (Lipinski definition) is 5. The number of rotatable bonds is 7. The van der Waals surface area contributed by atoms with Gasteiger partial charge in [0.25, 0.3) is 0 Å². The fraction of sp³-hybridized carbons (Fsp3) is 0.571. The second kappa shape index (κ2) is 9.68. The van der Waals surface area contributed by atoms with Gasteiger partial charge in [0.2, 0.25) is 0 Å². The van der Waals surface area contributed by atoms with E-state index in [9.17, 15) is 9.59 Å². The molecule has 0 aliphatic carbocycles. The zero-order valence-corrected chi connectivity index (χ0v) is 17.2. The number of ether oxygens (including phenoxy) is 1. The lowest BCUT2D eigenvalue weighted by molar-refractivity contribution is -0.131. The summed E-state index contributed by atoms with van der Waals surface area (Å²) in [6.45, 7) is 10.5. The number of hydrogen-bond donors (Lipinski definition) is 1. The molecule has 1 aliphatic heterocycles. The molecule has 0 aromatic carbocycles. The molecule has 1 saturated heterocycles. The second-order valence-electron chi connectivity index (χ2n) is 8.07. The first-order chi connectivity index (χ1) is 13.2. The number of nitrogens with zero attached hydrogens (tertiary/aromatic N) is 3. The Morgan fingerprint density at radius 2 is 2.14 bits per heavy atom. The van der Waals surface area contributed by atoms with E-state index in [0.29, 0.717) is 11.4 Å². The quantitative estimate of drug-likeness (QED) is 0.714. The monoisotopic (exact) mass is 389 g/mol. The highest BCUT2D eigenvalue weighted by Gasteiger charge is 2.34. The molecule has 1 N–H and O–H groups in total. The minimum atomic E-state index is -1.02. The number of carboxylic acid groups (broad SMARTS) is 1. The molecule has 1 aromatic heterocycles. The molecule has 154 valence electrons. The van der Waals surface area contributed by atoms with Gasteiger partial charge in [-0.15, -0.1) is 0 Å². The van der Waals surface area contributed by atoms with Crippen LogP contribution in [-0.4, -0.2) is 58.3 Å². The van der Waals surface area contributed by atoms with Crippen LogP contribution in [0, 0.1) is 0 Å². The Bertz CT molecular complexity index is 695. The third kappa shape index (κ3) is 6.64. The number of pyridine rings is 1. The summed E-state index contributed by atoms with van der Waals surface area (Å²) in [5.41, 5.74) is 0.0614. The normalized spacial score (nSPS) is 17.8. The zero-order valence-electron chi connectivity index (χ0n) is 17.2. The highest BCUT2D eigenvalue weighted by molar-refractivity contribution is 5.88. The molecular formula is C21H31N3O4. The van der Waals surface area contributed by atoms with Gasteiger partial charge in [-0.3, -0.25) is 4.90 Å². The summed E-state index contributed by atoms with van der Waals surface area (Å²) in [5, 5.41) is 8.75. The van der Waals surface area contributed by atoms with Crippen molar-refractivity contribution in [2.24, 2.45) is 0 Å². The minimum absolute atomic E-state index is 0.000354. The van der Waals surface area contributed by atoms with Gasteiger partial charge in [0.15, 0.2) is 0 Å². The van der Waals surface area contributed by atoms with Crippen LogP contribution in [0.25, 0.3) is 6.08 Å². The Morgan fingerprint density at radius 1 is 1.39 bits per heavy atom. The number of aromatic nitrogens is 1. The van der Waals surface area contributed by atoms with Crippen LogP contribution in [0.3, 0.4) is 0 Å². The van der Waals surface area contributed by atoms with E-state index in [1.807, 2.05) is 20.8 Å². The third-order valence-corrected chi connectivity index (χ3v) is 4.47. The smallest absolute Gasteiger partial charge is 0.416 e. The molecule has 1 amide bonds. The largest absolute Gasteiger partial charge is 0.478 e. The van der Waals surface area contributed by atoms with E-state index in [1.54, 1.807) is 23.2 Å². The lowest BCUT2D eigenvalue weighted by Crippen LogP contribution is -2.45. The number of carbonyl (C=O) groups excluding carboxylic acids is 1. The van der Waals surface area contributed by atoms with Crippen molar-refractivity contribution in [3.05, 3.63) is 30.0 Å². The van der Waals surface area contributed by atoms with Gasteiger partial charge in [-0.25, -0.2) is 14.6 Å². The number of carboxylic acids is 1. The van der Waals surface area contributed by atoms with Crippen molar-refractivity contribution in [1.82, 2.24) is 9.88 Å². The van der Waals surface area contributed by atoms with Crippen LogP contribution >= 0.6 is 0 Å². The van der Waals surface area contributed by atoms with Crippen molar-refractivity contribution in [2.75, 3.05) is 24.5 Å². The second-order valence-corrected chi connectivity index (χ2v) is 8.07. The summed E-state index contributed by atoms with van der Waals surface area (Å²) in [4.78, 5) is 32.0. The molecule has 0 saturated carbocycles. The van der Waals surface area contributed by atoms with Gasteiger partial charge in [0.05, 0.1) is 6.04 Å². The van der Waals surface area contributed by atoms with Gasteiger partial charge >= 0.3 is 12.1 Å². The Labute approximate surface area is 167 Å². The average Bonchev–Trinajstić information content (AvgIpc) is 3.06. The molecule has 1 aromatic rings. The predicted octanol–water partition coefficient (Wildman–Crippen LogP) is 3.80. The summed E-state index contributed by atoms with van der Waals surface area (Å²) in [7, 11) is 0. The van der Waals surface area contributed by atoms with E-state index in [4.69, 9.17) is 9.84 Å². The molecular weight excluding hydrogens is 358 g/mol. The third-order valence-electron chi connectivity index (χ3n) is 4.47. The van der Waals surface area contributed by atoms with Gasteiger partial charge in [0, 0.05) is 25.4 Å². The summed E-state index contributed by atoms with van der Waals surface area (Å²) < 4.78 is 5.63. The SMILES string of the molecule is CCCCN1CC[C@@H](N(C(=O)OC(C)(C)C)c2ccc(C=CC(=O)O)cn2)C1. The zero-order chi connectivity index (χ0) is 20.7. The Morgan fingerprint density at radius 3 is 2.71 bits per heavy atom. The molecule has 0 bridgehead atoms. The summed E-state index contributed by atoms with van der Waals surface area (Å²) in [5.74, 6) is -0.498. The first kappa shape index (κ1) is 21.9. The lowest BCUT2D eigenvalue weighted by Gasteiger charge is -2.31. The van der Waals surface area contributed by atoms with Crippen LogP contribution < -0.4 is 4.90 Å². The van der Waals surface area contributed by atoms with E-state index in [0.717, 1.165) is 45.0 Å². The standard InChI is InChI=1S/C21H31N3O4/c1-5-6-12-23-13-11-17(15-23)24(20(27)28-21(2,3)4)18-9-7-16(14-22-18)8-10-19(25)26/h7-10,14,17H,5-6,11-13,15H2,1-4H3,(H,25,26)/t17-/m1/s1. The van der Waals surface area contributed by atoms with Crippen molar-refractivity contribution >= 4 is 24.0 Å². The van der Waals surface area contributed by atoms with Crippen LogP contribution in [0.5, 0.6) is 0 Å². The molecule has 0 unspecified atom stereocenters. The van der Waals surface area contributed by atoms with Gasteiger partial charge in [-0.1, -0.05) is 13.3 Å². The van der Waals surface area contributed by atoms with Crippen molar-refractivity contribution in [2.45, 2.75) is 58.6 Å². The molecule has 2 rings (SSSR count). The van der Waals surface area contributed by atoms with Crippen molar-refractivity contribution in [3.8, 4) is 0 Å². The van der Waals surface area contributed by atoms with Gasteiger partial charge in [0.1, 0.15) is 11.4 Å². The molecule has 0 radical (unpaired) electrons. The predicted molar refractivity (Wildman–Crippen MR) is 109 cm³/mol. The lowest BCUT2D eigenvalue weighted by atomic mass is 10.2. The molecule has 7 nitrogen and oxygen atoms in total. The van der Waals surface area contributed by atoms with Crippen molar-refractivity contribution in [3.63, 3.8) is 0 Å². The van der Waals surface area contributed by atoms with Crippen LogP contribution in [0.4, 0.5) is 10.6 Å². The summed E-state index contributed by atoms with van der Waals surface area (Å²) >= 11 is 0. The number of likely N-dealkylation sites (tertiary alicyclic amines) is 1. The molecule has 0 spiro atoms. The first-order valence-corrected chi connectivity index (χ1v) is 9.81. The van der Waals surface area contributed by atoms with E-state index in [-0.39, 0.29) is 6.04 Å². The van der Waals surface area contributed by atoms with E-state index < -0.39 is 17.7 Å². The number of anilines is 1. The summed E-state index contributed by atoms with van der Waals surface area (Å²) in [6, 6.07) is 3.49. The van der Waals surface area contributed by atoms with Crippen molar-refractivity contribution in [1.29, 1.82) is 0 Å². The Hall–Kier alpha value is -2.41. The van der Waals surface area contributed by atoms with Crippen molar-refractivity contribution < 1.29 is 19.4 Å². The maximum atomic E-state index is 12.9. The number of unbranched alkanes of at least 4 members (excludes halogenated alkanes) is 1. The first-order valence-electron chi connectivity index (χ1n) is 9.81. The van der Waals surface area contributed by atoms with Gasteiger partial charge in [-0.2, -0.15) is 0 Å². The van der Waals surface area contributed by atoms with E-state index in [1.165, 1.54) is 6.08 Å². The maximum Gasteiger partial charge on any atom is 0.416 e. The number of amides is 1. The highest BCUT2D eigenvalue weighted by Crippen LogP contribution is 2.25. The molecule has 2 heterocycles. The average molecular weight is 389 g/mol. The fourth-order valence-electron chi connectivity index (χ4n) is 3.15. The molecule has 1 aliphatic rings. The van der Waals surface area contributed by atoms with Crippen LogP contribution in [0.2, 0.25) is 0 Å². The fourth-order valence-corrected chi connectivity index (χ4v) is 3.15. The van der Waals surface area contributed by atoms with Crippen LogP contribution in [0.15, 0.2) is 24.4 Å². The van der Waals surface area contributed by atoms with Gasteiger partial charge < -0.3 is 14.7 Å². The topological polar surface area (TPSA) is 83.0 Å². The van der Waals surface area contributed by atoms with Gasteiger partial charge in [-0.05, 0) is 63.9 Å².